The first-order valence-electron chi connectivity index (χ1n) is 10.8. The predicted molar refractivity (Wildman–Crippen MR) is 131 cm³/mol. The lowest BCUT2D eigenvalue weighted by molar-refractivity contribution is -0.118. The molecule has 34 heavy (non-hydrogen) atoms. The van der Waals surface area contributed by atoms with Gasteiger partial charge in [-0.25, -0.2) is 9.97 Å². The van der Waals surface area contributed by atoms with Crippen LogP contribution < -0.4 is 10.6 Å². The molecule has 5 rings (SSSR count). The Morgan fingerprint density at radius 3 is 2.21 bits per heavy atom. The maximum Gasteiger partial charge on any atom is 0.252 e. The average Bonchev–Trinajstić information content (AvgIpc) is 3.33. The normalized spacial score (nSPS) is 11.6. The van der Waals surface area contributed by atoms with Crippen LogP contribution in [0.4, 0.5) is 5.69 Å². The zero-order valence-corrected chi connectivity index (χ0v) is 18.1. The van der Waals surface area contributed by atoms with Gasteiger partial charge in [0.25, 0.3) is 11.8 Å². The van der Waals surface area contributed by atoms with Crippen molar-refractivity contribution in [1.29, 1.82) is 0 Å². The summed E-state index contributed by atoms with van der Waals surface area (Å²) >= 11 is 0. The van der Waals surface area contributed by atoms with E-state index in [0.29, 0.717) is 22.6 Å². The van der Waals surface area contributed by atoms with Gasteiger partial charge in [0.05, 0.1) is 22.9 Å². The number of aromatic nitrogens is 3. The van der Waals surface area contributed by atoms with E-state index in [1.165, 1.54) is 0 Å². The zero-order valence-electron chi connectivity index (χ0n) is 18.1. The lowest BCUT2D eigenvalue weighted by Crippen LogP contribution is -2.37. The number of para-hydroxylation sites is 2. The molecule has 1 unspecified atom stereocenters. The lowest BCUT2D eigenvalue weighted by Gasteiger charge is -2.19. The van der Waals surface area contributed by atoms with Gasteiger partial charge in [-0.1, -0.05) is 60.7 Å². The van der Waals surface area contributed by atoms with Crippen molar-refractivity contribution < 1.29 is 9.59 Å². The fourth-order valence-corrected chi connectivity index (χ4v) is 3.71. The third kappa shape index (κ3) is 4.40. The molecule has 0 saturated carbocycles. The minimum atomic E-state index is -0.869. The topological polar surface area (TPSA) is 88.9 Å². The third-order valence-corrected chi connectivity index (χ3v) is 5.42. The quantitative estimate of drug-likeness (QED) is 0.400. The number of fused-ring (bicyclic) bond motifs is 1. The number of carbonyl (C=O) groups is 2. The molecule has 0 saturated heterocycles. The van der Waals surface area contributed by atoms with E-state index in [0.717, 1.165) is 11.0 Å². The number of rotatable bonds is 6. The second kappa shape index (κ2) is 9.38. The number of carbonyl (C=O) groups excluding carboxylic acids is 2. The number of anilines is 1. The summed E-state index contributed by atoms with van der Waals surface area (Å²) in [6.45, 7) is 0. The number of imidazole rings is 1. The Morgan fingerprint density at radius 2 is 1.47 bits per heavy atom. The van der Waals surface area contributed by atoms with Crippen LogP contribution in [0.15, 0.2) is 110 Å². The highest BCUT2D eigenvalue weighted by atomic mass is 16.2. The van der Waals surface area contributed by atoms with Gasteiger partial charge in [0.15, 0.2) is 0 Å². The van der Waals surface area contributed by atoms with Crippen LogP contribution in [0.5, 0.6) is 0 Å². The molecule has 7 heteroatoms. The fraction of sp³-hybridized carbons (Fsp3) is 0.0370. The van der Waals surface area contributed by atoms with Crippen LogP contribution in [-0.2, 0) is 4.79 Å². The number of amides is 2. The molecule has 0 radical (unpaired) electrons. The van der Waals surface area contributed by atoms with Gasteiger partial charge < -0.3 is 10.6 Å². The molecule has 2 heterocycles. The van der Waals surface area contributed by atoms with Crippen molar-refractivity contribution in [1.82, 2.24) is 19.9 Å². The van der Waals surface area contributed by atoms with Gasteiger partial charge in [-0.2, -0.15) is 0 Å². The highest BCUT2D eigenvalue weighted by molar-refractivity contribution is 6.01. The molecular formula is C27H21N5O2. The smallest absolute Gasteiger partial charge is 0.252 e. The van der Waals surface area contributed by atoms with Crippen molar-refractivity contribution >= 4 is 28.5 Å². The van der Waals surface area contributed by atoms with E-state index in [4.69, 9.17) is 0 Å². The largest absolute Gasteiger partial charge is 0.336 e. The molecule has 3 aromatic carbocycles. The average molecular weight is 447 g/mol. The summed E-state index contributed by atoms with van der Waals surface area (Å²) < 4.78 is 1.88. The van der Waals surface area contributed by atoms with Gasteiger partial charge in [-0.15, -0.1) is 0 Å². The van der Waals surface area contributed by atoms with Crippen molar-refractivity contribution in [3.63, 3.8) is 0 Å². The van der Waals surface area contributed by atoms with Gasteiger partial charge in [0.1, 0.15) is 18.2 Å². The summed E-state index contributed by atoms with van der Waals surface area (Å²) in [4.78, 5) is 34.8. The fourth-order valence-electron chi connectivity index (χ4n) is 3.71. The second-order valence-corrected chi connectivity index (χ2v) is 7.68. The maximum absolute atomic E-state index is 13.2. The molecule has 7 nitrogen and oxygen atoms in total. The van der Waals surface area contributed by atoms with E-state index in [-0.39, 0.29) is 11.8 Å². The summed E-state index contributed by atoms with van der Waals surface area (Å²) in [5, 5.41) is 5.71. The minimum Gasteiger partial charge on any atom is -0.336 e. The molecule has 0 spiro atoms. The Bertz CT molecular complexity index is 1430. The number of pyridine rings is 1. The van der Waals surface area contributed by atoms with E-state index in [1.54, 1.807) is 55.0 Å². The van der Waals surface area contributed by atoms with Crippen LogP contribution >= 0.6 is 0 Å². The van der Waals surface area contributed by atoms with Crippen LogP contribution in [0, 0.1) is 0 Å². The molecule has 1 atom stereocenters. The molecule has 0 aliphatic heterocycles. The molecule has 2 amide bonds. The molecule has 2 aromatic heterocycles. The van der Waals surface area contributed by atoms with E-state index >= 15 is 0 Å². The summed E-state index contributed by atoms with van der Waals surface area (Å²) in [5.41, 5.74) is 3.50. The van der Waals surface area contributed by atoms with Gasteiger partial charge in [-0.05, 0) is 42.0 Å². The molecule has 0 aliphatic rings. The SMILES string of the molecule is O=C(NC(C(=O)Nc1ccc(-n2cnc3ccccc32)nc1)c1ccccc1)c1ccccc1. The molecule has 0 bridgehead atoms. The predicted octanol–water partition coefficient (Wildman–Crippen LogP) is 4.53. The zero-order chi connectivity index (χ0) is 23.3. The van der Waals surface area contributed by atoms with Crippen molar-refractivity contribution in [2.45, 2.75) is 6.04 Å². The molecule has 166 valence electrons. The highest BCUT2D eigenvalue weighted by Gasteiger charge is 2.23. The number of hydrogen-bond donors (Lipinski definition) is 2. The number of nitrogens with zero attached hydrogens (tertiary/aromatic N) is 3. The van der Waals surface area contributed by atoms with Crippen molar-refractivity contribution in [2.75, 3.05) is 5.32 Å². The Hall–Kier alpha value is -4.78. The monoisotopic (exact) mass is 447 g/mol. The third-order valence-electron chi connectivity index (χ3n) is 5.42. The first-order valence-corrected chi connectivity index (χ1v) is 10.8. The van der Waals surface area contributed by atoms with E-state index in [1.807, 2.05) is 59.2 Å². The second-order valence-electron chi connectivity index (χ2n) is 7.68. The Labute approximate surface area is 196 Å². The van der Waals surface area contributed by atoms with Crippen molar-refractivity contribution in [3.05, 3.63) is 121 Å². The van der Waals surface area contributed by atoms with E-state index < -0.39 is 6.04 Å². The van der Waals surface area contributed by atoms with Gasteiger partial charge in [-0.3, -0.25) is 14.2 Å². The lowest BCUT2D eigenvalue weighted by atomic mass is 10.1. The first-order chi connectivity index (χ1) is 16.7. The summed E-state index contributed by atoms with van der Waals surface area (Å²) in [6.07, 6.45) is 3.30. The highest BCUT2D eigenvalue weighted by Crippen LogP contribution is 2.20. The first kappa shape index (κ1) is 21.1. The number of hydrogen-bond acceptors (Lipinski definition) is 4. The summed E-state index contributed by atoms with van der Waals surface area (Å²) in [7, 11) is 0. The van der Waals surface area contributed by atoms with Crippen LogP contribution in [0.25, 0.3) is 16.9 Å². The summed E-state index contributed by atoms with van der Waals surface area (Å²) in [6, 6.07) is 28.4. The van der Waals surface area contributed by atoms with Crippen LogP contribution in [-0.4, -0.2) is 26.3 Å². The van der Waals surface area contributed by atoms with Gasteiger partial charge in [0.2, 0.25) is 0 Å². The van der Waals surface area contributed by atoms with Gasteiger partial charge in [0, 0.05) is 5.56 Å². The number of nitrogens with one attached hydrogen (secondary N) is 2. The van der Waals surface area contributed by atoms with Crippen molar-refractivity contribution in [3.8, 4) is 5.82 Å². The van der Waals surface area contributed by atoms with E-state index in [2.05, 4.69) is 20.6 Å². The number of benzene rings is 3. The molecular weight excluding hydrogens is 426 g/mol. The maximum atomic E-state index is 13.2. The van der Waals surface area contributed by atoms with Crippen LogP contribution in [0.1, 0.15) is 22.0 Å². The minimum absolute atomic E-state index is 0.329. The Balaban J connectivity index is 1.36. The van der Waals surface area contributed by atoms with Crippen LogP contribution in [0.3, 0.4) is 0 Å². The van der Waals surface area contributed by atoms with Gasteiger partial charge >= 0.3 is 0 Å². The standard InChI is InChI=1S/C27H21N5O2/c33-26(20-11-5-2-6-12-20)31-25(19-9-3-1-4-10-19)27(34)30-21-15-16-24(28-17-21)32-18-29-22-13-7-8-14-23(22)32/h1-18,25H,(H,30,34)(H,31,33). The summed E-state index contributed by atoms with van der Waals surface area (Å²) in [5.74, 6) is -0.00753. The Morgan fingerprint density at radius 1 is 0.765 bits per heavy atom. The molecule has 2 N–H and O–H groups in total. The Kier molecular flexibility index (Phi) is 5.82. The molecule has 0 aliphatic carbocycles. The van der Waals surface area contributed by atoms with Crippen molar-refractivity contribution in [2.24, 2.45) is 0 Å². The van der Waals surface area contributed by atoms with E-state index in [9.17, 15) is 9.59 Å². The van der Waals surface area contributed by atoms with Crippen LogP contribution in [0.2, 0.25) is 0 Å². The molecule has 0 fully saturated rings. The molecule has 5 aromatic rings.